The van der Waals surface area contributed by atoms with Crippen molar-refractivity contribution in [3.63, 3.8) is 0 Å². The molecule has 0 fully saturated rings. The number of nitrogens with zero attached hydrogens (tertiary/aromatic N) is 2. The maximum Gasteiger partial charge on any atom is 0.173 e. The summed E-state index contributed by atoms with van der Waals surface area (Å²) in [4.78, 5) is 4.49. The van der Waals surface area contributed by atoms with E-state index in [4.69, 9.17) is 0 Å². The molecule has 14 heavy (non-hydrogen) atoms. The standard InChI is InChI=1S/C11H12N2S/c1-8(2)11-12-10(13-14-11)9-6-4-3-5-7-9/h3-8H,1-2H3. The molecular formula is C11H12N2S. The van der Waals surface area contributed by atoms with E-state index in [2.05, 4.69) is 23.2 Å². The predicted octanol–water partition coefficient (Wildman–Crippen LogP) is 3.33. The Morgan fingerprint density at radius 3 is 2.43 bits per heavy atom. The van der Waals surface area contributed by atoms with Crippen molar-refractivity contribution in [1.29, 1.82) is 0 Å². The van der Waals surface area contributed by atoms with Gasteiger partial charge >= 0.3 is 0 Å². The van der Waals surface area contributed by atoms with Crippen molar-refractivity contribution in [2.24, 2.45) is 0 Å². The zero-order valence-corrected chi connectivity index (χ0v) is 9.08. The van der Waals surface area contributed by atoms with Crippen LogP contribution in [0.5, 0.6) is 0 Å². The van der Waals surface area contributed by atoms with Gasteiger partial charge in [0, 0.05) is 11.5 Å². The minimum atomic E-state index is 0.463. The molecule has 0 saturated heterocycles. The predicted molar refractivity (Wildman–Crippen MR) is 59.4 cm³/mol. The Balaban J connectivity index is 2.34. The van der Waals surface area contributed by atoms with Gasteiger partial charge < -0.3 is 0 Å². The minimum absolute atomic E-state index is 0.463. The van der Waals surface area contributed by atoms with E-state index in [1.54, 1.807) is 0 Å². The van der Waals surface area contributed by atoms with E-state index in [0.717, 1.165) is 16.4 Å². The zero-order valence-electron chi connectivity index (χ0n) is 8.27. The van der Waals surface area contributed by atoms with E-state index in [-0.39, 0.29) is 0 Å². The van der Waals surface area contributed by atoms with Crippen molar-refractivity contribution >= 4 is 11.5 Å². The Morgan fingerprint density at radius 1 is 1.14 bits per heavy atom. The quantitative estimate of drug-likeness (QED) is 0.750. The van der Waals surface area contributed by atoms with Crippen LogP contribution in [0.15, 0.2) is 30.3 Å². The fourth-order valence-corrected chi connectivity index (χ4v) is 1.84. The molecule has 0 N–H and O–H groups in total. The SMILES string of the molecule is CC(C)c1nc(-c2ccccc2)ns1. The molecule has 3 heteroatoms. The van der Waals surface area contributed by atoms with Crippen LogP contribution < -0.4 is 0 Å². The first-order valence-electron chi connectivity index (χ1n) is 4.66. The van der Waals surface area contributed by atoms with E-state index in [1.807, 2.05) is 30.3 Å². The van der Waals surface area contributed by atoms with Gasteiger partial charge in [0.05, 0.1) is 0 Å². The third-order valence-corrected chi connectivity index (χ3v) is 2.98. The van der Waals surface area contributed by atoms with Crippen molar-refractivity contribution in [1.82, 2.24) is 9.36 Å². The molecule has 2 aromatic rings. The molecule has 1 aromatic heterocycles. The summed E-state index contributed by atoms with van der Waals surface area (Å²) >= 11 is 1.49. The molecule has 0 amide bonds. The van der Waals surface area contributed by atoms with E-state index in [0.29, 0.717) is 5.92 Å². The van der Waals surface area contributed by atoms with Gasteiger partial charge in [-0.1, -0.05) is 44.2 Å². The summed E-state index contributed by atoms with van der Waals surface area (Å²) in [5, 5.41) is 1.10. The second-order valence-corrected chi connectivity index (χ2v) is 4.26. The zero-order chi connectivity index (χ0) is 9.97. The Labute approximate surface area is 87.8 Å². The lowest BCUT2D eigenvalue weighted by atomic mass is 10.2. The van der Waals surface area contributed by atoms with E-state index in [9.17, 15) is 0 Å². The van der Waals surface area contributed by atoms with Gasteiger partial charge in [0.2, 0.25) is 0 Å². The van der Waals surface area contributed by atoms with Gasteiger partial charge in [0.15, 0.2) is 5.82 Å². The van der Waals surface area contributed by atoms with Crippen molar-refractivity contribution < 1.29 is 0 Å². The van der Waals surface area contributed by atoms with Crippen molar-refractivity contribution in [3.05, 3.63) is 35.3 Å². The van der Waals surface area contributed by atoms with Crippen molar-refractivity contribution in [3.8, 4) is 11.4 Å². The first-order chi connectivity index (χ1) is 6.77. The normalized spacial score (nSPS) is 10.8. The first kappa shape index (κ1) is 9.34. The molecule has 2 nitrogen and oxygen atoms in total. The van der Waals surface area contributed by atoms with Gasteiger partial charge in [0.25, 0.3) is 0 Å². The number of benzene rings is 1. The highest BCUT2D eigenvalue weighted by atomic mass is 32.1. The molecule has 0 aliphatic carbocycles. The fourth-order valence-electron chi connectivity index (χ4n) is 1.17. The molecule has 0 aliphatic heterocycles. The van der Waals surface area contributed by atoms with Gasteiger partial charge in [-0.25, -0.2) is 4.98 Å². The molecule has 72 valence electrons. The monoisotopic (exact) mass is 204 g/mol. The summed E-state index contributed by atoms with van der Waals surface area (Å²) in [6.07, 6.45) is 0. The summed E-state index contributed by atoms with van der Waals surface area (Å²) in [7, 11) is 0. The lowest BCUT2D eigenvalue weighted by Gasteiger charge is -1.95. The maximum atomic E-state index is 4.49. The van der Waals surface area contributed by atoms with Crippen molar-refractivity contribution in [2.45, 2.75) is 19.8 Å². The minimum Gasteiger partial charge on any atom is -0.219 e. The van der Waals surface area contributed by atoms with Crippen LogP contribution in [0.3, 0.4) is 0 Å². The lowest BCUT2D eigenvalue weighted by molar-refractivity contribution is 0.853. The molecule has 0 atom stereocenters. The second kappa shape index (κ2) is 3.88. The Bertz CT molecular complexity index is 406. The number of hydrogen-bond donors (Lipinski definition) is 0. The molecule has 1 aromatic carbocycles. The average molecular weight is 204 g/mol. The molecule has 0 aliphatic rings. The summed E-state index contributed by atoms with van der Waals surface area (Å²) in [5.41, 5.74) is 1.09. The molecule has 2 rings (SSSR count). The van der Waals surface area contributed by atoms with Crippen LogP contribution in [0.4, 0.5) is 0 Å². The van der Waals surface area contributed by atoms with E-state index in [1.165, 1.54) is 11.5 Å². The molecule has 0 bridgehead atoms. The highest BCUT2D eigenvalue weighted by Gasteiger charge is 2.08. The van der Waals surface area contributed by atoms with Gasteiger partial charge in [0.1, 0.15) is 5.01 Å². The van der Waals surface area contributed by atoms with Crippen LogP contribution in [0.2, 0.25) is 0 Å². The third kappa shape index (κ3) is 1.82. The van der Waals surface area contributed by atoms with Crippen LogP contribution in [0.25, 0.3) is 11.4 Å². The molecule has 0 unspecified atom stereocenters. The summed E-state index contributed by atoms with van der Waals surface area (Å²) in [6, 6.07) is 10.1. The molecule has 0 saturated carbocycles. The number of rotatable bonds is 2. The van der Waals surface area contributed by atoms with Crippen molar-refractivity contribution in [2.75, 3.05) is 0 Å². The van der Waals surface area contributed by atoms with Crippen LogP contribution in [0.1, 0.15) is 24.8 Å². The number of hydrogen-bond acceptors (Lipinski definition) is 3. The summed E-state index contributed by atoms with van der Waals surface area (Å²) in [6.45, 7) is 4.27. The van der Waals surface area contributed by atoms with Gasteiger partial charge in [-0.3, -0.25) is 0 Å². The van der Waals surface area contributed by atoms with E-state index >= 15 is 0 Å². The molecule has 0 spiro atoms. The van der Waals surface area contributed by atoms with E-state index < -0.39 is 0 Å². The second-order valence-electron chi connectivity index (χ2n) is 3.48. The Kier molecular flexibility index (Phi) is 2.59. The summed E-state index contributed by atoms with van der Waals surface area (Å²) < 4.78 is 4.34. The lowest BCUT2D eigenvalue weighted by Crippen LogP contribution is -1.85. The van der Waals surface area contributed by atoms with Gasteiger partial charge in [-0.15, -0.1) is 0 Å². The highest BCUT2D eigenvalue weighted by molar-refractivity contribution is 7.05. The number of aromatic nitrogens is 2. The average Bonchev–Trinajstić information content (AvgIpc) is 2.68. The highest BCUT2D eigenvalue weighted by Crippen LogP contribution is 2.22. The summed E-state index contributed by atoms with van der Waals surface area (Å²) in [5.74, 6) is 1.31. The van der Waals surface area contributed by atoms with Crippen LogP contribution >= 0.6 is 11.5 Å². The van der Waals surface area contributed by atoms with Gasteiger partial charge in [-0.2, -0.15) is 4.37 Å². The largest absolute Gasteiger partial charge is 0.219 e. The Morgan fingerprint density at radius 2 is 1.86 bits per heavy atom. The molecule has 1 heterocycles. The Hall–Kier alpha value is -1.22. The fraction of sp³-hybridized carbons (Fsp3) is 0.273. The smallest absolute Gasteiger partial charge is 0.173 e. The molecular weight excluding hydrogens is 192 g/mol. The van der Waals surface area contributed by atoms with Crippen LogP contribution in [0, 0.1) is 0 Å². The third-order valence-electron chi connectivity index (χ3n) is 1.97. The first-order valence-corrected chi connectivity index (χ1v) is 5.43. The van der Waals surface area contributed by atoms with Crippen LogP contribution in [-0.2, 0) is 0 Å². The maximum absolute atomic E-state index is 4.49. The topological polar surface area (TPSA) is 25.8 Å². The molecule has 0 radical (unpaired) electrons. The van der Waals surface area contributed by atoms with Crippen LogP contribution in [-0.4, -0.2) is 9.36 Å². The van der Waals surface area contributed by atoms with Gasteiger partial charge in [-0.05, 0) is 11.5 Å².